The number of hydrogen-bond acceptors (Lipinski definition) is 3. The Morgan fingerprint density at radius 3 is 2.42 bits per heavy atom. The van der Waals surface area contributed by atoms with Gasteiger partial charge in [0.05, 0.1) is 0 Å². The number of unbranched alkanes of at least 4 members (excludes halogenated alkanes) is 1. The van der Waals surface area contributed by atoms with Crippen molar-refractivity contribution in [3.8, 4) is 0 Å². The molecular weight excluding hydrogens is 372 g/mol. The molecule has 2 N–H and O–H groups in total. The minimum Gasteiger partial charge on any atom is -0.444 e. The van der Waals surface area contributed by atoms with Crippen molar-refractivity contribution in [2.24, 2.45) is 5.92 Å². The number of amides is 2. The highest BCUT2D eigenvalue weighted by Crippen LogP contribution is 2.25. The summed E-state index contributed by atoms with van der Waals surface area (Å²) < 4.78 is 5.20. The molecule has 0 unspecified atom stereocenters. The third kappa shape index (κ3) is 9.50. The van der Waals surface area contributed by atoms with Crippen molar-refractivity contribution in [3.63, 3.8) is 0 Å². The fourth-order valence-corrected chi connectivity index (χ4v) is 3.50. The molecule has 0 heterocycles. The van der Waals surface area contributed by atoms with Crippen LogP contribution in [0, 0.1) is 5.92 Å². The summed E-state index contributed by atoms with van der Waals surface area (Å²) in [6, 6.07) is 0.221. The topological polar surface area (TPSA) is 67.4 Å². The van der Waals surface area contributed by atoms with Crippen molar-refractivity contribution in [2.45, 2.75) is 83.8 Å². The average Bonchev–Trinajstić information content (AvgIpc) is 2.99. The van der Waals surface area contributed by atoms with E-state index in [1.165, 1.54) is 12.8 Å². The Morgan fingerprint density at radius 1 is 1.17 bits per heavy atom. The number of carbonyl (C=O) groups excluding carboxylic acids is 2. The summed E-state index contributed by atoms with van der Waals surface area (Å²) in [4.78, 5) is 23.8. The van der Waals surface area contributed by atoms with E-state index in [0.29, 0.717) is 6.54 Å². The van der Waals surface area contributed by atoms with E-state index in [2.05, 4.69) is 26.6 Å². The van der Waals surface area contributed by atoms with E-state index < -0.39 is 5.60 Å². The minimum atomic E-state index is -0.463. The number of hydrogen-bond donors (Lipinski definition) is 2. The standard InChI is InChI=1S/C18H33BrN2O3/c1-18(2,3)24-17(23)20-13-7-6-10-15(11-12-19)21-16(22)14-8-4-5-9-14/h14-15H,4-13H2,1-3H3,(H,20,23)(H,21,22)/t15-/m0/s1. The lowest BCUT2D eigenvalue weighted by molar-refractivity contribution is -0.125. The van der Waals surface area contributed by atoms with Gasteiger partial charge in [-0.1, -0.05) is 28.8 Å². The van der Waals surface area contributed by atoms with Crippen LogP contribution in [0.1, 0.15) is 72.1 Å². The molecule has 1 rings (SSSR count). The molecule has 24 heavy (non-hydrogen) atoms. The molecule has 140 valence electrons. The highest BCUT2D eigenvalue weighted by molar-refractivity contribution is 9.09. The van der Waals surface area contributed by atoms with E-state index in [0.717, 1.165) is 43.9 Å². The predicted molar refractivity (Wildman–Crippen MR) is 100 cm³/mol. The predicted octanol–water partition coefficient (Wildman–Crippen LogP) is 4.14. The molecule has 0 aromatic rings. The van der Waals surface area contributed by atoms with Crippen LogP contribution in [0.3, 0.4) is 0 Å². The maximum Gasteiger partial charge on any atom is 0.407 e. The number of alkyl halides is 1. The summed E-state index contributed by atoms with van der Waals surface area (Å²) in [6.07, 6.45) is 7.80. The normalized spacial score (nSPS) is 16.7. The van der Waals surface area contributed by atoms with Crippen LogP contribution in [0.25, 0.3) is 0 Å². The first-order chi connectivity index (χ1) is 11.3. The molecule has 6 heteroatoms. The lowest BCUT2D eigenvalue weighted by Crippen LogP contribution is -2.38. The van der Waals surface area contributed by atoms with Crippen LogP contribution >= 0.6 is 15.9 Å². The molecule has 1 aliphatic carbocycles. The van der Waals surface area contributed by atoms with Crippen molar-refractivity contribution in [1.82, 2.24) is 10.6 Å². The lowest BCUT2D eigenvalue weighted by atomic mass is 10.0. The largest absolute Gasteiger partial charge is 0.444 e. The molecule has 2 amide bonds. The quantitative estimate of drug-likeness (QED) is 0.448. The van der Waals surface area contributed by atoms with Gasteiger partial charge in [-0.25, -0.2) is 4.79 Å². The Kier molecular flexibility index (Phi) is 9.71. The van der Waals surface area contributed by atoms with Crippen LogP contribution in [-0.4, -0.2) is 35.5 Å². The van der Waals surface area contributed by atoms with Gasteiger partial charge in [0.25, 0.3) is 0 Å². The van der Waals surface area contributed by atoms with Crippen molar-refractivity contribution >= 4 is 27.9 Å². The molecule has 1 saturated carbocycles. The van der Waals surface area contributed by atoms with Crippen LogP contribution in [-0.2, 0) is 9.53 Å². The van der Waals surface area contributed by atoms with Gasteiger partial charge in [0.2, 0.25) is 5.91 Å². The molecule has 0 radical (unpaired) electrons. The van der Waals surface area contributed by atoms with Crippen molar-refractivity contribution in [1.29, 1.82) is 0 Å². The molecule has 0 aromatic carbocycles. The van der Waals surface area contributed by atoms with E-state index in [1.54, 1.807) is 0 Å². The smallest absolute Gasteiger partial charge is 0.407 e. The summed E-state index contributed by atoms with van der Waals surface area (Å²) >= 11 is 3.47. The van der Waals surface area contributed by atoms with E-state index in [4.69, 9.17) is 4.74 Å². The molecule has 0 saturated heterocycles. The summed E-state index contributed by atoms with van der Waals surface area (Å²) in [6.45, 7) is 6.16. The van der Waals surface area contributed by atoms with Gasteiger partial charge in [0.15, 0.2) is 0 Å². The van der Waals surface area contributed by atoms with Crippen molar-refractivity contribution < 1.29 is 14.3 Å². The second-order valence-corrected chi connectivity index (χ2v) is 8.38. The number of ether oxygens (including phenoxy) is 1. The number of nitrogens with one attached hydrogen (secondary N) is 2. The third-order valence-electron chi connectivity index (χ3n) is 4.18. The number of rotatable bonds is 9. The molecular formula is C18H33BrN2O3. The molecule has 1 aliphatic rings. The lowest BCUT2D eigenvalue weighted by Gasteiger charge is -2.21. The van der Waals surface area contributed by atoms with Crippen molar-refractivity contribution in [3.05, 3.63) is 0 Å². The van der Waals surface area contributed by atoms with Crippen LogP contribution in [0.4, 0.5) is 4.79 Å². The Bertz CT molecular complexity index is 390. The van der Waals surface area contributed by atoms with Gasteiger partial charge in [-0.2, -0.15) is 0 Å². The van der Waals surface area contributed by atoms with Gasteiger partial charge < -0.3 is 15.4 Å². The minimum absolute atomic E-state index is 0.219. The van der Waals surface area contributed by atoms with Gasteiger partial charge in [0, 0.05) is 23.8 Å². The first-order valence-corrected chi connectivity index (χ1v) is 10.3. The first kappa shape index (κ1) is 21.3. The molecule has 0 bridgehead atoms. The van der Waals surface area contributed by atoms with E-state index in [-0.39, 0.29) is 24.0 Å². The molecule has 1 fully saturated rings. The average molecular weight is 405 g/mol. The highest BCUT2D eigenvalue weighted by atomic mass is 79.9. The number of halogens is 1. The zero-order chi connectivity index (χ0) is 18.0. The van der Waals surface area contributed by atoms with Gasteiger partial charge in [-0.05, 0) is 59.3 Å². The first-order valence-electron chi connectivity index (χ1n) is 9.15. The summed E-state index contributed by atoms with van der Waals surface area (Å²) in [5.41, 5.74) is -0.463. The van der Waals surface area contributed by atoms with E-state index >= 15 is 0 Å². The molecule has 5 nitrogen and oxygen atoms in total. The third-order valence-corrected chi connectivity index (χ3v) is 4.64. The molecule has 0 aliphatic heterocycles. The Hall–Kier alpha value is -0.780. The van der Waals surface area contributed by atoms with Crippen molar-refractivity contribution in [2.75, 3.05) is 11.9 Å². The molecule has 0 aromatic heterocycles. The Balaban J connectivity index is 2.19. The van der Waals surface area contributed by atoms with Gasteiger partial charge >= 0.3 is 6.09 Å². The number of carbonyl (C=O) groups is 2. The SMILES string of the molecule is CC(C)(C)OC(=O)NCCCC[C@@H](CCBr)NC(=O)C1CCCC1. The maximum atomic E-state index is 12.2. The van der Waals surface area contributed by atoms with Gasteiger partial charge in [0.1, 0.15) is 5.60 Å². The Morgan fingerprint density at radius 2 is 1.83 bits per heavy atom. The fourth-order valence-electron chi connectivity index (χ4n) is 2.95. The fraction of sp³-hybridized carbons (Fsp3) is 0.889. The van der Waals surface area contributed by atoms with Crippen LogP contribution in [0.5, 0.6) is 0 Å². The van der Waals surface area contributed by atoms with E-state index in [1.807, 2.05) is 20.8 Å². The monoisotopic (exact) mass is 404 g/mol. The van der Waals surface area contributed by atoms with Crippen LogP contribution in [0.15, 0.2) is 0 Å². The zero-order valence-corrected chi connectivity index (χ0v) is 16.9. The number of alkyl carbamates (subject to hydrolysis) is 1. The highest BCUT2D eigenvalue weighted by Gasteiger charge is 2.24. The second kappa shape index (κ2) is 11.0. The van der Waals surface area contributed by atoms with Crippen LogP contribution in [0.2, 0.25) is 0 Å². The zero-order valence-electron chi connectivity index (χ0n) is 15.3. The van der Waals surface area contributed by atoms with Gasteiger partial charge in [-0.3, -0.25) is 4.79 Å². The molecule has 1 atom stereocenters. The van der Waals surface area contributed by atoms with Crippen LogP contribution < -0.4 is 10.6 Å². The second-order valence-electron chi connectivity index (χ2n) is 7.59. The summed E-state index contributed by atoms with van der Waals surface area (Å²) in [7, 11) is 0. The molecule has 0 spiro atoms. The summed E-state index contributed by atoms with van der Waals surface area (Å²) in [5, 5.41) is 6.87. The Labute approximate surface area is 154 Å². The maximum absolute atomic E-state index is 12.2. The van der Waals surface area contributed by atoms with E-state index in [9.17, 15) is 9.59 Å². The van der Waals surface area contributed by atoms with Gasteiger partial charge in [-0.15, -0.1) is 0 Å². The summed E-state index contributed by atoms with van der Waals surface area (Å²) in [5.74, 6) is 0.446.